The Kier molecular flexibility index (Phi) is 5.80. The van der Waals surface area contributed by atoms with E-state index in [2.05, 4.69) is 22.5 Å². The van der Waals surface area contributed by atoms with Gasteiger partial charge in [-0.2, -0.15) is 0 Å². The van der Waals surface area contributed by atoms with Crippen LogP contribution < -0.4 is 10.6 Å². The summed E-state index contributed by atoms with van der Waals surface area (Å²) in [4.78, 5) is 27.0. The molecule has 1 aliphatic rings. The Morgan fingerprint density at radius 2 is 1.92 bits per heavy atom. The molecule has 0 unspecified atom stereocenters. The molecule has 0 saturated carbocycles. The van der Waals surface area contributed by atoms with E-state index in [1.807, 2.05) is 11.4 Å². The van der Waals surface area contributed by atoms with Gasteiger partial charge in [0.05, 0.1) is 24.6 Å². The summed E-state index contributed by atoms with van der Waals surface area (Å²) in [6, 6.07) is 11.0. The van der Waals surface area contributed by atoms with Crippen molar-refractivity contribution in [2.75, 3.05) is 36.9 Å². The second kappa shape index (κ2) is 8.24. The van der Waals surface area contributed by atoms with Gasteiger partial charge in [-0.1, -0.05) is 6.07 Å². The molecule has 6 nitrogen and oxygen atoms in total. The number of hydrogen-bond acceptors (Lipinski definition) is 5. The van der Waals surface area contributed by atoms with Gasteiger partial charge in [0, 0.05) is 24.0 Å². The molecular weight excluding hydrogens is 338 g/mol. The number of thiophene rings is 1. The van der Waals surface area contributed by atoms with Gasteiger partial charge in [0.25, 0.3) is 5.91 Å². The summed E-state index contributed by atoms with van der Waals surface area (Å²) in [7, 11) is 0. The maximum absolute atomic E-state index is 12.2. The largest absolute Gasteiger partial charge is 0.379 e. The molecule has 25 heavy (non-hydrogen) atoms. The van der Waals surface area contributed by atoms with Gasteiger partial charge in [-0.15, -0.1) is 11.3 Å². The predicted octanol–water partition coefficient (Wildman–Crippen LogP) is 2.66. The topological polar surface area (TPSA) is 70.7 Å². The highest BCUT2D eigenvalue weighted by atomic mass is 32.1. The summed E-state index contributed by atoms with van der Waals surface area (Å²) in [5, 5.41) is 7.58. The van der Waals surface area contributed by atoms with Crippen LogP contribution in [0.2, 0.25) is 0 Å². The lowest BCUT2D eigenvalue weighted by atomic mass is 10.2. The zero-order chi connectivity index (χ0) is 17.6. The van der Waals surface area contributed by atoms with Crippen LogP contribution in [0.1, 0.15) is 16.6 Å². The first-order valence-corrected chi connectivity index (χ1v) is 9.06. The number of benzene rings is 1. The van der Waals surface area contributed by atoms with E-state index in [9.17, 15) is 9.59 Å². The second-order valence-electron chi connectivity index (χ2n) is 5.95. The minimum Gasteiger partial charge on any atom is -0.379 e. The van der Waals surface area contributed by atoms with E-state index < -0.39 is 0 Å². The molecule has 3 rings (SSSR count). The normalized spacial score (nSPS) is 17.9. The van der Waals surface area contributed by atoms with Crippen LogP contribution in [0, 0.1) is 0 Å². The first kappa shape index (κ1) is 17.6. The first-order valence-electron chi connectivity index (χ1n) is 8.18. The quantitative estimate of drug-likeness (QED) is 0.861. The van der Waals surface area contributed by atoms with Crippen LogP contribution in [0.3, 0.4) is 0 Å². The minimum atomic E-state index is -0.131. The van der Waals surface area contributed by atoms with E-state index in [1.165, 1.54) is 11.3 Å². The van der Waals surface area contributed by atoms with Crippen molar-refractivity contribution >= 4 is 34.5 Å². The van der Waals surface area contributed by atoms with Crippen molar-refractivity contribution in [1.82, 2.24) is 4.90 Å². The molecule has 0 aliphatic carbocycles. The number of hydrogen-bond donors (Lipinski definition) is 2. The van der Waals surface area contributed by atoms with E-state index in [4.69, 9.17) is 4.74 Å². The molecule has 1 aromatic carbocycles. The molecule has 2 amide bonds. The molecule has 0 bridgehead atoms. The Morgan fingerprint density at radius 1 is 1.20 bits per heavy atom. The van der Waals surface area contributed by atoms with Crippen LogP contribution in [0.25, 0.3) is 0 Å². The third kappa shape index (κ3) is 4.88. The third-order valence-electron chi connectivity index (χ3n) is 4.02. The number of carbonyl (C=O) groups excluding carboxylic acids is 2. The van der Waals surface area contributed by atoms with Crippen molar-refractivity contribution < 1.29 is 14.3 Å². The monoisotopic (exact) mass is 359 g/mol. The molecule has 1 aromatic heterocycles. The van der Waals surface area contributed by atoms with Crippen LogP contribution in [0.5, 0.6) is 0 Å². The highest BCUT2D eigenvalue weighted by molar-refractivity contribution is 7.12. The van der Waals surface area contributed by atoms with E-state index in [-0.39, 0.29) is 17.9 Å². The summed E-state index contributed by atoms with van der Waals surface area (Å²) in [6.07, 6.45) is 0. The summed E-state index contributed by atoms with van der Waals surface area (Å²) in [6.45, 7) is 4.49. The van der Waals surface area contributed by atoms with Gasteiger partial charge in [0.2, 0.25) is 5.91 Å². The van der Waals surface area contributed by atoms with Crippen LogP contribution in [0.4, 0.5) is 11.4 Å². The summed E-state index contributed by atoms with van der Waals surface area (Å²) in [5.74, 6) is -0.183. The Bertz CT molecular complexity index is 716. The van der Waals surface area contributed by atoms with Crippen LogP contribution in [-0.4, -0.2) is 49.1 Å². The molecular formula is C18H21N3O3S. The van der Waals surface area contributed by atoms with Crippen LogP contribution in [0.15, 0.2) is 41.8 Å². The first-order chi connectivity index (χ1) is 12.1. The fraction of sp³-hybridized carbons (Fsp3) is 0.333. The number of carbonyl (C=O) groups is 2. The number of ether oxygens (including phenoxy) is 1. The van der Waals surface area contributed by atoms with Crippen molar-refractivity contribution in [1.29, 1.82) is 0 Å². The predicted molar refractivity (Wildman–Crippen MR) is 99.2 cm³/mol. The molecule has 2 aromatic rings. The molecule has 7 heteroatoms. The number of nitrogens with zero attached hydrogens (tertiary/aromatic N) is 1. The van der Waals surface area contributed by atoms with Crippen LogP contribution in [-0.2, 0) is 9.53 Å². The maximum atomic E-state index is 12.2. The van der Waals surface area contributed by atoms with E-state index in [1.54, 1.807) is 30.3 Å². The molecule has 1 saturated heterocycles. The van der Waals surface area contributed by atoms with Gasteiger partial charge >= 0.3 is 0 Å². The molecule has 2 N–H and O–H groups in total. The molecule has 1 atom stereocenters. The van der Waals surface area contributed by atoms with E-state index >= 15 is 0 Å². The average Bonchev–Trinajstić information content (AvgIpc) is 3.13. The van der Waals surface area contributed by atoms with Crippen molar-refractivity contribution in [2.24, 2.45) is 0 Å². The second-order valence-corrected chi connectivity index (χ2v) is 6.90. The number of anilines is 2. The fourth-order valence-electron chi connectivity index (χ4n) is 2.62. The lowest BCUT2D eigenvalue weighted by molar-refractivity contribution is -0.119. The SMILES string of the molecule is C[C@@H]1COCCN1CC(=O)Nc1ccc(NC(=O)c2cccs2)cc1. The minimum absolute atomic E-state index is 0.0517. The number of morpholine rings is 1. The zero-order valence-electron chi connectivity index (χ0n) is 14.0. The number of rotatable bonds is 5. The smallest absolute Gasteiger partial charge is 0.265 e. The lowest BCUT2D eigenvalue weighted by Gasteiger charge is -2.32. The molecule has 1 aliphatic heterocycles. The van der Waals surface area contributed by atoms with E-state index in [0.29, 0.717) is 36.0 Å². The highest BCUT2D eigenvalue weighted by Gasteiger charge is 2.21. The summed E-state index contributed by atoms with van der Waals surface area (Å²) in [5.41, 5.74) is 1.40. The molecule has 1 fully saturated rings. The Labute approximate surface area is 150 Å². The van der Waals surface area contributed by atoms with E-state index in [0.717, 1.165) is 6.54 Å². The standard InChI is InChI=1S/C18H21N3O3S/c1-13-12-24-9-8-21(13)11-17(22)19-14-4-6-15(7-5-14)20-18(23)16-3-2-10-25-16/h2-7,10,13H,8-9,11-12H2,1H3,(H,19,22)(H,20,23)/t13-/m1/s1. The van der Waals surface area contributed by atoms with Gasteiger partial charge < -0.3 is 15.4 Å². The van der Waals surface area contributed by atoms with Crippen molar-refractivity contribution in [3.05, 3.63) is 46.7 Å². The molecule has 0 spiro atoms. The molecule has 0 radical (unpaired) electrons. The number of amides is 2. The Balaban J connectivity index is 1.51. The number of nitrogens with one attached hydrogen (secondary N) is 2. The van der Waals surface area contributed by atoms with Gasteiger partial charge in [-0.05, 0) is 42.6 Å². The summed E-state index contributed by atoms with van der Waals surface area (Å²) < 4.78 is 5.38. The Morgan fingerprint density at radius 3 is 2.56 bits per heavy atom. The maximum Gasteiger partial charge on any atom is 0.265 e. The van der Waals surface area contributed by atoms with Gasteiger partial charge in [0.1, 0.15) is 0 Å². The lowest BCUT2D eigenvalue weighted by Crippen LogP contribution is -2.47. The average molecular weight is 359 g/mol. The Hall–Kier alpha value is -2.22. The van der Waals surface area contributed by atoms with Crippen LogP contribution >= 0.6 is 11.3 Å². The van der Waals surface area contributed by atoms with Gasteiger partial charge in [0.15, 0.2) is 0 Å². The molecule has 132 valence electrons. The third-order valence-corrected chi connectivity index (χ3v) is 4.89. The van der Waals surface area contributed by atoms with Crippen molar-refractivity contribution in [3.8, 4) is 0 Å². The molecule has 2 heterocycles. The zero-order valence-corrected chi connectivity index (χ0v) is 14.8. The summed E-state index contributed by atoms with van der Waals surface area (Å²) >= 11 is 1.40. The van der Waals surface area contributed by atoms with Crippen molar-refractivity contribution in [3.63, 3.8) is 0 Å². The fourth-order valence-corrected chi connectivity index (χ4v) is 3.24. The van der Waals surface area contributed by atoms with Gasteiger partial charge in [-0.25, -0.2) is 0 Å². The van der Waals surface area contributed by atoms with Crippen molar-refractivity contribution in [2.45, 2.75) is 13.0 Å². The highest BCUT2D eigenvalue weighted by Crippen LogP contribution is 2.16. The van der Waals surface area contributed by atoms with Gasteiger partial charge in [-0.3, -0.25) is 14.5 Å².